The van der Waals surface area contributed by atoms with Gasteiger partial charge in [-0.15, -0.1) is 0 Å². The fourth-order valence-corrected chi connectivity index (χ4v) is 3.02. The van der Waals surface area contributed by atoms with Crippen molar-refractivity contribution in [2.45, 2.75) is 46.8 Å². The Hall–Kier alpha value is -2.84. The molecule has 28 heavy (non-hydrogen) atoms. The van der Waals surface area contributed by atoms with Crippen molar-refractivity contribution in [3.05, 3.63) is 64.0 Å². The van der Waals surface area contributed by atoms with Crippen LogP contribution in [0.4, 0.5) is 0 Å². The Labute approximate surface area is 167 Å². The van der Waals surface area contributed by atoms with Crippen molar-refractivity contribution in [1.82, 2.24) is 4.57 Å². The van der Waals surface area contributed by atoms with Crippen LogP contribution in [0.2, 0.25) is 0 Å². The Kier molecular flexibility index (Phi) is 7.60. The van der Waals surface area contributed by atoms with Crippen molar-refractivity contribution in [1.29, 1.82) is 5.26 Å². The molecule has 2 rings (SSSR count). The number of rotatable bonds is 8. The van der Waals surface area contributed by atoms with E-state index in [4.69, 9.17) is 9.47 Å². The van der Waals surface area contributed by atoms with E-state index in [0.717, 1.165) is 29.1 Å². The first-order valence-corrected chi connectivity index (χ1v) is 9.40. The van der Waals surface area contributed by atoms with Gasteiger partial charge in [-0.25, -0.2) is 4.79 Å². The monoisotopic (exact) mass is 380 g/mol. The summed E-state index contributed by atoms with van der Waals surface area (Å²) in [5.74, 6) is -0.162. The molecule has 0 aliphatic rings. The third kappa shape index (κ3) is 5.34. The Bertz CT molecular complexity index is 884. The van der Waals surface area contributed by atoms with Gasteiger partial charge in [0.25, 0.3) is 0 Å². The van der Waals surface area contributed by atoms with Crippen LogP contribution in [0.3, 0.4) is 0 Å². The molecule has 0 atom stereocenters. The zero-order valence-electron chi connectivity index (χ0n) is 17.3. The van der Waals surface area contributed by atoms with Crippen LogP contribution < -0.4 is 0 Å². The summed E-state index contributed by atoms with van der Waals surface area (Å²) in [6.07, 6.45) is 1.59. The lowest BCUT2D eigenvalue weighted by atomic mass is 10.0. The minimum atomic E-state index is -0.614. The van der Waals surface area contributed by atoms with E-state index in [0.29, 0.717) is 12.5 Å². The van der Waals surface area contributed by atoms with E-state index in [2.05, 4.69) is 18.4 Å². The van der Waals surface area contributed by atoms with Gasteiger partial charge in [0, 0.05) is 25.0 Å². The van der Waals surface area contributed by atoms with Gasteiger partial charge >= 0.3 is 5.97 Å². The highest BCUT2D eigenvalue weighted by atomic mass is 16.5. The fraction of sp³-hybridized carbons (Fsp3) is 0.391. The summed E-state index contributed by atoms with van der Waals surface area (Å²) in [6.45, 7) is 9.68. The molecular weight excluding hydrogens is 352 g/mol. The molecule has 0 aliphatic heterocycles. The first-order chi connectivity index (χ1) is 13.4. The van der Waals surface area contributed by atoms with Gasteiger partial charge < -0.3 is 14.0 Å². The quantitative estimate of drug-likeness (QED) is 0.384. The maximum absolute atomic E-state index is 12.4. The number of methoxy groups -OCH3 is 1. The molecule has 1 aromatic heterocycles. The van der Waals surface area contributed by atoms with Gasteiger partial charge in [0.1, 0.15) is 18.2 Å². The van der Waals surface area contributed by atoms with Crippen LogP contribution in [0.15, 0.2) is 35.9 Å². The molecule has 5 heteroatoms. The molecule has 0 aliphatic carbocycles. The third-order valence-electron chi connectivity index (χ3n) is 4.79. The smallest absolute Gasteiger partial charge is 0.349 e. The highest BCUT2D eigenvalue weighted by Gasteiger charge is 2.14. The van der Waals surface area contributed by atoms with E-state index in [9.17, 15) is 10.1 Å². The van der Waals surface area contributed by atoms with E-state index in [1.54, 1.807) is 13.2 Å². The van der Waals surface area contributed by atoms with Crippen LogP contribution >= 0.6 is 0 Å². The minimum absolute atomic E-state index is 0.00853. The second-order valence-corrected chi connectivity index (χ2v) is 7.11. The zero-order valence-corrected chi connectivity index (χ0v) is 17.3. The summed E-state index contributed by atoms with van der Waals surface area (Å²) < 4.78 is 12.6. The second kappa shape index (κ2) is 9.91. The highest BCUT2D eigenvalue weighted by molar-refractivity contribution is 5.98. The Morgan fingerprint density at radius 3 is 2.50 bits per heavy atom. The van der Waals surface area contributed by atoms with Gasteiger partial charge in [0.15, 0.2) is 0 Å². The van der Waals surface area contributed by atoms with Crippen LogP contribution in [0.25, 0.3) is 6.08 Å². The summed E-state index contributed by atoms with van der Waals surface area (Å²) in [5, 5.41) is 9.41. The van der Waals surface area contributed by atoms with Crippen molar-refractivity contribution in [2.24, 2.45) is 0 Å². The first kappa shape index (κ1) is 21.5. The lowest BCUT2D eigenvalue weighted by Crippen LogP contribution is -2.08. The molecule has 0 unspecified atom stereocenters. The summed E-state index contributed by atoms with van der Waals surface area (Å²) in [5.41, 5.74) is 4.99. The fourth-order valence-electron chi connectivity index (χ4n) is 3.02. The van der Waals surface area contributed by atoms with E-state index < -0.39 is 5.97 Å². The molecule has 0 spiro atoms. The van der Waals surface area contributed by atoms with E-state index >= 15 is 0 Å². The van der Waals surface area contributed by atoms with Crippen molar-refractivity contribution >= 4 is 12.0 Å². The van der Waals surface area contributed by atoms with Crippen LogP contribution in [0.1, 0.15) is 47.8 Å². The van der Waals surface area contributed by atoms with Gasteiger partial charge in [-0.1, -0.05) is 38.1 Å². The topological polar surface area (TPSA) is 64.2 Å². The number of aromatic nitrogens is 1. The number of aryl methyl sites for hydroxylation is 1. The van der Waals surface area contributed by atoms with E-state index in [1.165, 1.54) is 5.56 Å². The van der Waals surface area contributed by atoms with Crippen molar-refractivity contribution in [3.8, 4) is 6.07 Å². The molecule has 1 heterocycles. The average molecular weight is 380 g/mol. The summed E-state index contributed by atoms with van der Waals surface area (Å²) in [7, 11) is 1.66. The maximum atomic E-state index is 12.4. The SMILES string of the molecule is COCCn1c(C)cc(/C=C(\C#N)C(=O)OCc2ccc(C(C)C)cc2)c1C. The number of carbonyl (C=O) groups excluding carboxylic acids is 1. The lowest BCUT2D eigenvalue weighted by molar-refractivity contribution is -0.139. The normalized spacial score (nSPS) is 11.5. The number of hydrogen-bond acceptors (Lipinski definition) is 4. The molecule has 1 aromatic carbocycles. The molecule has 2 aromatic rings. The highest BCUT2D eigenvalue weighted by Crippen LogP contribution is 2.19. The largest absolute Gasteiger partial charge is 0.457 e. The number of hydrogen-bond donors (Lipinski definition) is 0. The van der Waals surface area contributed by atoms with Gasteiger partial charge in [0.2, 0.25) is 0 Å². The summed E-state index contributed by atoms with van der Waals surface area (Å²) in [4.78, 5) is 12.4. The molecule has 148 valence electrons. The number of ether oxygens (including phenoxy) is 2. The maximum Gasteiger partial charge on any atom is 0.349 e. The van der Waals surface area contributed by atoms with Gasteiger partial charge in [-0.2, -0.15) is 5.26 Å². The predicted octanol–water partition coefficient (Wildman–Crippen LogP) is 4.53. The molecule has 0 amide bonds. The molecule has 0 fully saturated rings. The Morgan fingerprint density at radius 2 is 1.93 bits per heavy atom. The molecule has 5 nitrogen and oxygen atoms in total. The second-order valence-electron chi connectivity index (χ2n) is 7.11. The third-order valence-corrected chi connectivity index (χ3v) is 4.79. The van der Waals surface area contributed by atoms with Crippen LogP contribution in [0.5, 0.6) is 0 Å². The summed E-state index contributed by atoms with van der Waals surface area (Å²) in [6, 6.07) is 11.9. The lowest BCUT2D eigenvalue weighted by Gasteiger charge is -2.08. The first-order valence-electron chi connectivity index (χ1n) is 9.40. The molecule has 0 N–H and O–H groups in total. The van der Waals surface area contributed by atoms with Gasteiger partial charge in [-0.05, 0) is 48.6 Å². The van der Waals surface area contributed by atoms with E-state index in [-0.39, 0.29) is 12.2 Å². The van der Waals surface area contributed by atoms with Crippen LogP contribution in [0, 0.1) is 25.2 Å². The van der Waals surface area contributed by atoms with Crippen molar-refractivity contribution < 1.29 is 14.3 Å². The van der Waals surface area contributed by atoms with Gasteiger partial charge in [0.05, 0.1) is 6.61 Å². The Morgan fingerprint density at radius 1 is 1.25 bits per heavy atom. The predicted molar refractivity (Wildman–Crippen MR) is 110 cm³/mol. The van der Waals surface area contributed by atoms with E-state index in [1.807, 2.05) is 50.2 Å². The number of benzene rings is 1. The Balaban J connectivity index is 2.10. The summed E-state index contributed by atoms with van der Waals surface area (Å²) >= 11 is 0. The zero-order chi connectivity index (χ0) is 20.7. The standard InChI is InChI=1S/C23H28N2O3/c1-16(2)20-8-6-19(7-9-20)15-28-23(26)22(14-24)13-21-12-17(3)25(18(21)4)10-11-27-5/h6-9,12-13,16H,10-11,15H2,1-5H3/b22-13+. The van der Waals surface area contributed by atoms with Crippen LogP contribution in [-0.4, -0.2) is 24.3 Å². The number of esters is 1. The number of nitriles is 1. The molecule has 0 bridgehead atoms. The molecular formula is C23H28N2O3. The average Bonchev–Trinajstić information content (AvgIpc) is 2.95. The van der Waals surface area contributed by atoms with Crippen LogP contribution in [-0.2, 0) is 27.4 Å². The molecule has 0 saturated heterocycles. The number of carbonyl (C=O) groups is 1. The molecule has 0 saturated carbocycles. The van der Waals surface area contributed by atoms with Gasteiger partial charge in [-0.3, -0.25) is 0 Å². The van der Waals surface area contributed by atoms with Crippen molar-refractivity contribution in [2.75, 3.05) is 13.7 Å². The molecule has 0 radical (unpaired) electrons. The van der Waals surface area contributed by atoms with Crippen molar-refractivity contribution in [3.63, 3.8) is 0 Å². The minimum Gasteiger partial charge on any atom is -0.457 e. The number of nitrogens with zero attached hydrogens (tertiary/aromatic N) is 2.